The van der Waals surface area contributed by atoms with Gasteiger partial charge in [-0.15, -0.1) is 0 Å². The SMILES string of the molecule is CC(C)CC(CN(C)C)NC(=O)NCC(C)(C)N1CCCCC1. The molecule has 1 saturated heterocycles. The van der Waals surface area contributed by atoms with Crippen LogP contribution in [-0.4, -0.2) is 67.7 Å². The highest BCUT2D eigenvalue weighted by Crippen LogP contribution is 2.19. The Bertz CT molecular complexity index is 339. The van der Waals surface area contributed by atoms with Crippen LogP contribution in [-0.2, 0) is 0 Å². The van der Waals surface area contributed by atoms with E-state index >= 15 is 0 Å². The summed E-state index contributed by atoms with van der Waals surface area (Å²) in [6.07, 6.45) is 4.88. The van der Waals surface area contributed by atoms with Gasteiger partial charge < -0.3 is 15.5 Å². The summed E-state index contributed by atoms with van der Waals surface area (Å²) in [5.41, 5.74) is 0.0207. The molecule has 1 aliphatic rings. The number of carbonyl (C=O) groups is 1. The van der Waals surface area contributed by atoms with Crippen molar-refractivity contribution in [1.29, 1.82) is 0 Å². The quantitative estimate of drug-likeness (QED) is 0.720. The third kappa shape index (κ3) is 8.02. The van der Waals surface area contributed by atoms with Crippen molar-refractivity contribution in [2.24, 2.45) is 5.92 Å². The van der Waals surface area contributed by atoms with Crippen molar-refractivity contribution in [3.05, 3.63) is 0 Å². The molecule has 1 unspecified atom stereocenters. The summed E-state index contributed by atoms with van der Waals surface area (Å²) < 4.78 is 0. The highest BCUT2D eigenvalue weighted by atomic mass is 16.2. The Morgan fingerprint density at radius 1 is 1.17 bits per heavy atom. The number of likely N-dealkylation sites (tertiary alicyclic amines) is 1. The van der Waals surface area contributed by atoms with E-state index in [-0.39, 0.29) is 17.6 Å². The third-order valence-electron chi connectivity index (χ3n) is 4.57. The van der Waals surface area contributed by atoms with Gasteiger partial charge in [0.05, 0.1) is 0 Å². The summed E-state index contributed by atoms with van der Waals surface area (Å²) in [7, 11) is 4.10. The van der Waals surface area contributed by atoms with Gasteiger partial charge in [0.15, 0.2) is 0 Å². The molecule has 2 N–H and O–H groups in total. The van der Waals surface area contributed by atoms with Crippen LogP contribution in [0.1, 0.15) is 53.4 Å². The maximum atomic E-state index is 12.3. The number of hydrogen-bond donors (Lipinski definition) is 2. The molecule has 0 aromatic heterocycles. The average Bonchev–Trinajstić information content (AvgIpc) is 2.45. The van der Waals surface area contributed by atoms with Crippen LogP contribution in [0.4, 0.5) is 4.79 Å². The normalized spacial score (nSPS) is 18.3. The lowest BCUT2D eigenvalue weighted by Gasteiger charge is -2.41. The van der Waals surface area contributed by atoms with Crippen LogP contribution in [0.2, 0.25) is 0 Å². The highest BCUT2D eigenvalue weighted by Gasteiger charge is 2.28. The second-order valence-electron chi connectivity index (χ2n) is 8.28. The van der Waals surface area contributed by atoms with Crippen LogP contribution in [0.15, 0.2) is 0 Å². The molecule has 5 heteroatoms. The summed E-state index contributed by atoms with van der Waals surface area (Å²) >= 11 is 0. The number of hydrogen-bond acceptors (Lipinski definition) is 3. The second kappa shape index (κ2) is 9.48. The van der Waals surface area contributed by atoms with Gasteiger partial charge in [-0.25, -0.2) is 4.79 Å². The summed E-state index contributed by atoms with van der Waals surface area (Å²) in [5, 5.41) is 6.23. The molecule has 1 aliphatic heterocycles. The Kier molecular flexibility index (Phi) is 8.34. The third-order valence-corrected chi connectivity index (χ3v) is 4.57. The largest absolute Gasteiger partial charge is 0.336 e. The van der Waals surface area contributed by atoms with Gasteiger partial charge >= 0.3 is 6.03 Å². The molecule has 136 valence electrons. The van der Waals surface area contributed by atoms with Crippen molar-refractivity contribution in [3.8, 4) is 0 Å². The molecule has 0 radical (unpaired) electrons. The van der Waals surface area contributed by atoms with Crippen molar-refractivity contribution >= 4 is 6.03 Å². The van der Waals surface area contributed by atoms with E-state index in [1.165, 1.54) is 19.3 Å². The van der Waals surface area contributed by atoms with Gasteiger partial charge in [-0.1, -0.05) is 20.3 Å². The number of carbonyl (C=O) groups excluding carboxylic acids is 1. The van der Waals surface area contributed by atoms with E-state index in [1.54, 1.807) is 0 Å². The average molecular weight is 327 g/mol. The maximum Gasteiger partial charge on any atom is 0.315 e. The molecule has 5 nitrogen and oxygen atoms in total. The van der Waals surface area contributed by atoms with E-state index in [0.29, 0.717) is 12.5 Å². The highest BCUT2D eigenvalue weighted by molar-refractivity contribution is 5.74. The van der Waals surface area contributed by atoms with Crippen molar-refractivity contribution in [3.63, 3.8) is 0 Å². The Morgan fingerprint density at radius 2 is 1.78 bits per heavy atom. The van der Waals surface area contributed by atoms with Gasteiger partial charge in [-0.3, -0.25) is 4.90 Å². The summed E-state index contributed by atoms with van der Waals surface area (Å²) in [5.74, 6) is 0.574. The lowest BCUT2D eigenvalue weighted by Crippen LogP contribution is -2.56. The molecule has 0 aromatic rings. The monoisotopic (exact) mass is 326 g/mol. The number of likely N-dealkylation sites (N-methyl/N-ethyl adjacent to an activating group) is 1. The zero-order valence-corrected chi connectivity index (χ0v) is 16.1. The standard InChI is InChI=1S/C18H38N4O/c1-15(2)12-16(13-21(5)6)20-17(23)19-14-18(3,4)22-10-8-7-9-11-22/h15-16H,7-14H2,1-6H3,(H2,19,20,23). The minimum Gasteiger partial charge on any atom is -0.336 e. The lowest BCUT2D eigenvalue weighted by atomic mass is 9.98. The Hall–Kier alpha value is -0.810. The number of piperidine rings is 1. The second-order valence-corrected chi connectivity index (χ2v) is 8.28. The number of nitrogens with zero attached hydrogens (tertiary/aromatic N) is 2. The van der Waals surface area contributed by atoms with Crippen molar-refractivity contribution in [2.75, 3.05) is 40.3 Å². The molecular formula is C18H38N4O. The fourth-order valence-corrected chi connectivity index (χ4v) is 3.33. The minimum absolute atomic E-state index is 0.0207. The Labute approximate surface area is 143 Å². The molecule has 2 amide bonds. The van der Waals surface area contributed by atoms with Crippen molar-refractivity contribution < 1.29 is 4.79 Å². The first-order valence-electron chi connectivity index (χ1n) is 9.15. The van der Waals surface area contributed by atoms with Gasteiger partial charge in [0.2, 0.25) is 0 Å². The zero-order chi connectivity index (χ0) is 17.5. The first kappa shape index (κ1) is 20.2. The molecular weight excluding hydrogens is 288 g/mol. The van der Waals surface area contributed by atoms with Crippen LogP contribution in [0.25, 0.3) is 0 Å². The molecule has 0 saturated carbocycles. The van der Waals surface area contributed by atoms with Gasteiger partial charge in [0.25, 0.3) is 0 Å². The Balaban J connectivity index is 2.43. The molecule has 1 rings (SSSR count). The first-order valence-corrected chi connectivity index (χ1v) is 9.15. The van der Waals surface area contributed by atoms with Crippen LogP contribution in [0, 0.1) is 5.92 Å². The van der Waals surface area contributed by atoms with Crippen molar-refractivity contribution in [1.82, 2.24) is 20.4 Å². The van der Waals surface area contributed by atoms with Crippen LogP contribution in [0.3, 0.4) is 0 Å². The fourth-order valence-electron chi connectivity index (χ4n) is 3.33. The predicted molar refractivity (Wildman–Crippen MR) is 97.8 cm³/mol. The lowest BCUT2D eigenvalue weighted by molar-refractivity contribution is 0.0957. The van der Waals surface area contributed by atoms with E-state index in [4.69, 9.17) is 0 Å². The number of amides is 2. The predicted octanol–water partition coefficient (Wildman–Crippen LogP) is 2.53. The molecule has 1 fully saturated rings. The van der Waals surface area contributed by atoms with Gasteiger partial charge in [-0.2, -0.15) is 0 Å². The molecule has 0 bridgehead atoms. The van der Waals surface area contributed by atoms with Gasteiger partial charge in [0.1, 0.15) is 0 Å². The van der Waals surface area contributed by atoms with Crippen LogP contribution < -0.4 is 10.6 Å². The summed E-state index contributed by atoms with van der Waals surface area (Å²) in [6, 6.07) is 0.158. The summed E-state index contributed by atoms with van der Waals surface area (Å²) in [4.78, 5) is 16.9. The molecule has 1 atom stereocenters. The van der Waals surface area contributed by atoms with E-state index in [2.05, 4.69) is 48.1 Å². The molecule has 1 heterocycles. The first-order chi connectivity index (χ1) is 10.7. The number of urea groups is 1. The zero-order valence-electron chi connectivity index (χ0n) is 16.1. The minimum atomic E-state index is -0.0393. The smallest absolute Gasteiger partial charge is 0.315 e. The van der Waals surface area contributed by atoms with E-state index < -0.39 is 0 Å². The molecule has 0 aromatic carbocycles. The Morgan fingerprint density at radius 3 is 2.30 bits per heavy atom. The molecule has 23 heavy (non-hydrogen) atoms. The number of nitrogens with one attached hydrogen (secondary N) is 2. The van der Waals surface area contributed by atoms with E-state index in [1.807, 2.05) is 14.1 Å². The van der Waals surface area contributed by atoms with Crippen molar-refractivity contribution in [2.45, 2.75) is 65.0 Å². The topological polar surface area (TPSA) is 47.6 Å². The molecule has 0 spiro atoms. The maximum absolute atomic E-state index is 12.3. The van der Waals surface area contributed by atoms with E-state index in [9.17, 15) is 4.79 Å². The van der Waals surface area contributed by atoms with E-state index in [0.717, 1.165) is 26.1 Å². The van der Waals surface area contributed by atoms with Gasteiger partial charge in [0, 0.05) is 24.7 Å². The van der Waals surface area contributed by atoms with Crippen LogP contribution in [0.5, 0.6) is 0 Å². The van der Waals surface area contributed by atoms with Gasteiger partial charge in [-0.05, 0) is 66.2 Å². The number of rotatable bonds is 8. The molecule has 0 aliphatic carbocycles. The van der Waals surface area contributed by atoms with Crippen LogP contribution >= 0.6 is 0 Å². The summed E-state index contributed by atoms with van der Waals surface area (Å²) in [6.45, 7) is 12.7. The fraction of sp³-hybridized carbons (Fsp3) is 0.944.